The first-order valence-corrected chi connectivity index (χ1v) is 7.55. The molecule has 0 saturated carbocycles. The van der Waals surface area contributed by atoms with Gasteiger partial charge in [-0.1, -0.05) is 26.0 Å². The summed E-state index contributed by atoms with van der Waals surface area (Å²) in [4.78, 5) is 11.6. The van der Waals surface area contributed by atoms with E-state index in [2.05, 4.69) is 26.0 Å². The van der Waals surface area contributed by atoms with E-state index in [0.717, 1.165) is 5.75 Å². The minimum absolute atomic E-state index is 0.352. The molecule has 0 saturated heterocycles. The Kier molecular flexibility index (Phi) is 6.69. The van der Waals surface area contributed by atoms with E-state index in [1.807, 2.05) is 12.1 Å². The van der Waals surface area contributed by atoms with Gasteiger partial charge in [0.15, 0.2) is 0 Å². The maximum atomic E-state index is 11.6. The molecule has 0 aromatic heterocycles. The topological polar surface area (TPSA) is 61.5 Å². The first-order chi connectivity index (χ1) is 9.86. The van der Waals surface area contributed by atoms with Gasteiger partial charge in [-0.3, -0.25) is 4.79 Å². The highest BCUT2D eigenvalue weighted by Crippen LogP contribution is 2.19. The van der Waals surface area contributed by atoms with Crippen molar-refractivity contribution < 1.29 is 14.3 Å². The maximum Gasteiger partial charge on any atom is 0.325 e. The average molecular weight is 293 g/mol. The van der Waals surface area contributed by atoms with Crippen LogP contribution in [-0.4, -0.2) is 24.7 Å². The van der Waals surface area contributed by atoms with Crippen LogP contribution in [0.15, 0.2) is 24.3 Å². The van der Waals surface area contributed by atoms with Gasteiger partial charge in [0.2, 0.25) is 0 Å². The number of esters is 1. The molecular formula is C17H27NO3. The molecule has 1 rings (SSSR count). The summed E-state index contributed by atoms with van der Waals surface area (Å²) < 4.78 is 10.6. The van der Waals surface area contributed by atoms with Gasteiger partial charge < -0.3 is 15.2 Å². The van der Waals surface area contributed by atoms with Gasteiger partial charge in [-0.05, 0) is 50.3 Å². The lowest BCUT2D eigenvalue weighted by atomic mass is 9.98. The Morgan fingerprint density at radius 2 is 1.90 bits per heavy atom. The highest BCUT2D eigenvalue weighted by molar-refractivity contribution is 5.79. The van der Waals surface area contributed by atoms with Crippen LogP contribution in [0.5, 0.6) is 5.75 Å². The van der Waals surface area contributed by atoms with Crippen molar-refractivity contribution in [3.05, 3.63) is 29.8 Å². The van der Waals surface area contributed by atoms with Crippen LogP contribution in [0.3, 0.4) is 0 Å². The van der Waals surface area contributed by atoms with Crippen LogP contribution in [0.2, 0.25) is 0 Å². The Hall–Kier alpha value is -1.55. The molecule has 0 aliphatic rings. The van der Waals surface area contributed by atoms with Crippen molar-refractivity contribution in [1.82, 2.24) is 0 Å². The van der Waals surface area contributed by atoms with E-state index in [4.69, 9.17) is 15.2 Å². The lowest BCUT2D eigenvalue weighted by Crippen LogP contribution is -2.46. The normalized spacial score (nSPS) is 13.8. The van der Waals surface area contributed by atoms with Crippen LogP contribution >= 0.6 is 0 Å². The summed E-state index contributed by atoms with van der Waals surface area (Å²) in [6.07, 6.45) is 1.24. The smallest absolute Gasteiger partial charge is 0.325 e. The van der Waals surface area contributed by atoms with Gasteiger partial charge >= 0.3 is 5.97 Å². The van der Waals surface area contributed by atoms with Crippen molar-refractivity contribution in [2.75, 3.05) is 13.2 Å². The molecule has 0 amide bonds. The van der Waals surface area contributed by atoms with Gasteiger partial charge in [-0.15, -0.1) is 0 Å². The van der Waals surface area contributed by atoms with Crippen LogP contribution in [0.1, 0.15) is 52.0 Å². The zero-order valence-corrected chi connectivity index (χ0v) is 13.5. The molecule has 4 nitrogen and oxygen atoms in total. The predicted octanol–water partition coefficient (Wildman–Crippen LogP) is 3.25. The van der Waals surface area contributed by atoms with Gasteiger partial charge in [0.1, 0.15) is 11.3 Å². The summed E-state index contributed by atoms with van der Waals surface area (Å²) in [6.45, 7) is 8.68. The number of nitrogens with two attached hydrogens (primary N) is 1. The number of carbonyl (C=O) groups is 1. The third-order valence-electron chi connectivity index (χ3n) is 3.40. The molecular weight excluding hydrogens is 266 g/mol. The first-order valence-electron chi connectivity index (χ1n) is 7.55. The molecule has 0 spiro atoms. The Balaban J connectivity index is 2.35. The van der Waals surface area contributed by atoms with E-state index in [9.17, 15) is 4.79 Å². The molecule has 118 valence electrons. The second kappa shape index (κ2) is 8.03. The minimum atomic E-state index is -0.944. The van der Waals surface area contributed by atoms with E-state index in [0.29, 0.717) is 32.0 Å². The Morgan fingerprint density at radius 1 is 1.29 bits per heavy atom. The molecule has 21 heavy (non-hydrogen) atoms. The fourth-order valence-corrected chi connectivity index (χ4v) is 1.98. The van der Waals surface area contributed by atoms with Crippen molar-refractivity contribution in [2.24, 2.45) is 5.73 Å². The summed E-state index contributed by atoms with van der Waals surface area (Å²) >= 11 is 0. The quantitative estimate of drug-likeness (QED) is 0.590. The first kappa shape index (κ1) is 17.5. The van der Waals surface area contributed by atoms with Crippen LogP contribution < -0.4 is 10.5 Å². The molecule has 0 heterocycles. The fraction of sp³-hybridized carbons (Fsp3) is 0.588. The molecule has 1 unspecified atom stereocenters. The zero-order valence-electron chi connectivity index (χ0n) is 13.5. The molecule has 0 radical (unpaired) electrons. The number of hydrogen-bond acceptors (Lipinski definition) is 4. The molecule has 1 aromatic carbocycles. The largest absolute Gasteiger partial charge is 0.494 e. The van der Waals surface area contributed by atoms with Gasteiger partial charge in [0.05, 0.1) is 13.2 Å². The lowest BCUT2D eigenvalue weighted by Gasteiger charge is -2.22. The maximum absolute atomic E-state index is 11.6. The van der Waals surface area contributed by atoms with E-state index in [1.165, 1.54) is 5.56 Å². The molecule has 1 aromatic rings. The molecule has 4 heteroatoms. The molecule has 0 bridgehead atoms. The molecule has 2 N–H and O–H groups in total. The molecule has 0 aliphatic heterocycles. The third kappa shape index (κ3) is 5.76. The summed E-state index contributed by atoms with van der Waals surface area (Å²) in [6, 6.07) is 8.10. The number of carbonyl (C=O) groups excluding carboxylic acids is 1. The highest BCUT2D eigenvalue weighted by atomic mass is 16.5. The van der Waals surface area contributed by atoms with Gasteiger partial charge in [-0.2, -0.15) is 0 Å². The lowest BCUT2D eigenvalue weighted by molar-refractivity contribution is -0.149. The van der Waals surface area contributed by atoms with Crippen molar-refractivity contribution in [3.8, 4) is 5.75 Å². The minimum Gasteiger partial charge on any atom is -0.494 e. The fourth-order valence-electron chi connectivity index (χ4n) is 1.98. The molecule has 1 atom stereocenters. The van der Waals surface area contributed by atoms with Gasteiger partial charge in [0.25, 0.3) is 0 Å². The summed E-state index contributed by atoms with van der Waals surface area (Å²) in [7, 11) is 0. The molecule has 0 aliphatic carbocycles. The summed E-state index contributed by atoms with van der Waals surface area (Å²) in [5.74, 6) is 1.00. The second-order valence-corrected chi connectivity index (χ2v) is 5.81. The molecule has 0 fully saturated rings. The number of rotatable bonds is 8. The third-order valence-corrected chi connectivity index (χ3v) is 3.40. The van der Waals surface area contributed by atoms with E-state index in [-0.39, 0.29) is 5.97 Å². The standard InChI is InChI=1S/C17H27NO3/c1-5-20-16(19)17(4,18)11-6-12-21-15-9-7-14(8-10-15)13(2)3/h7-10,13H,5-6,11-12,18H2,1-4H3. The monoisotopic (exact) mass is 293 g/mol. The van der Waals surface area contributed by atoms with Crippen molar-refractivity contribution in [3.63, 3.8) is 0 Å². The van der Waals surface area contributed by atoms with E-state index >= 15 is 0 Å². The number of ether oxygens (including phenoxy) is 2. The predicted molar refractivity (Wildman–Crippen MR) is 84.5 cm³/mol. The Bertz CT molecular complexity index is 438. The summed E-state index contributed by atoms with van der Waals surface area (Å²) in [5, 5.41) is 0. The van der Waals surface area contributed by atoms with E-state index in [1.54, 1.807) is 13.8 Å². The number of benzene rings is 1. The van der Waals surface area contributed by atoms with Crippen molar-refractivity contribution in [1.29, 1.82) is 0 Å². The SMILES string of the molecule is CCOC(=O)C(C)(N)CCCOc1ccc(C(C)C)cc1. The Morgan fingerprint density at radius 3 is 2.43 bits per heavy atom. The second-order valence-electron chi connectivity index (χ2n) is 5.81. The number of hydrogen-bond donors (Lipinski definition) is 1. The van der Waals surface area contributed by atoms with E-state index < -0.39 is 5.54 Å². The average Bonchev–Trinajstić information content (AvgIpc) is 2.44. The van der Waals surface area contributed by atoms with Crippen LogP contribution in [0.4, 0.5) is 0 Å². The van der Waals surface area contributed by atoms with Gasteiger partial charge in [0, 0.05) is 0 Å². The van der Waals surface area contributed by atoms with Crippen molar-refractivity contribution in [2.45, 2.75) is 52.0 Å². The van der Waals surface area contributed by atoms with Crippen LogP contribution in [-0.2, 0) is 9.53 Å². The highest BCUT2D eigenvalue weighted by Gasteiger charge is 2.29. The van der Waals surface area contributed by atoms with Crippen LogP contribution in [0.25, 0.3) is 0 Å². The van der Waals surface area contributed by atoms with Crippen molar-refractivity contribution >= 4 is 5.97 Å². The zero-order chi connectivity index (χ0) is 15.9. The van der Waals surface area contributed by atoms with Gasteiger partial charge in [-0.25, -0.2) is 0 Å². The summed E-state index contributed by atoms with van der Waals surface area (Å²) in [5.41, 5.74) is 6.30. The van der Waals surface area contributed by atoms with Crippen LogP contribution in [0, 0.1) is 0 Å². The Labute approximate surface area is 127 Å².